The van der Waals surface area contributed by atoms with Gasteiger partial charge in [0.2, 0.25) is 5.88 Å². The first-order chi connectivity index (χ1) is 23.6. The highest BCUT2D eigenvalue weighted by Crippen LogP contribution is 2.46. The van der Waals surface area contributed by atoms with E-state index in [1.165, 1.54) is 17.8 Å². The average Bonchev–Trinajstić information content (AvgIpc) is 3.55. The lowest BCUT2D eigenvalue weighted by molar-refractivity contribution is -0.143. The first kappa shape index (κ1) is 32.8. The summed E-state index contributed by atoms with van der Waals surface area (Å²) in [4.78, 5) is 48.8. The largest absolute Gasteiger partial charge is 0.481 e. The highest BCUT2D eigenvalue weighted by molar-refractivity contribution is 6.39. The van der Waals surface area contributed by atoms with Gasteiger partial charge in [0, 0.05) is 48.6 Å². The quantitative estimate of drug-likeness (QED) is 0.204. The number of carboxylic acid groups (broad SMARTS) is 1. The third-order valence-corrected chi connectivity index (χ3v) is 10.7. The first-order valence-electron chi connectivity index (χ1n) is 16.0. The normalized spacial score (nSPS) is 16.6. The summed E-state index contributed by atoms with van der Waals surface area (Å²) in [6.07, 6.45) is 4.55. The molecule has 5 aromatic rings. The fourth-order valence-electron chi connectivity index (χ4n) is 7.22. The molecular weight excluding hydrogens is 667 g/mol. The molecule has 1 unspecified atom stereocenters. The highest BCUT2D eigenvalue weighted by Gasteiger charge is 2.36. The zero-order chi connectivity index (χ0) is 34.6. The van der Waals surface area contributed by atoms with Crippen molar-refractivity contribution in [1.29, 1.82) is 0 Å². The van der Waals surface area contributed by atoms with Gasteiger partial charge in [-0.1, -0.05) is 53.5 Å². The molecule has 1 aliphatic heterocycles. The summed E-state index contributed by atoms with van der Waals surface area (Å²) in [6.45, 7) is 1.45. The van der Waals surface area contributed by atoms with Gasteiger partial charge in [-0.3, -0.25) is 23.6 Å². The lowest BCUT2D eigenvalue weighted by atomic mass is 9.94. The molecule has 2 N–H and O–H groups in total. The van der Waals surface area contributed by atoms with Crippen molar-refractivity contribution in [2.24, 2.45) is 20.0 Å². The number of nitrogens with zero attached hydrogens (tertiary/aromatic N) is 5. The lowest BCUT2D eigenvalue weighted by Gasteiger charge is -2.35. The number of anilines is 2. The molecule has 0 saturated carbocycles. The molecule has 1 saturated heterocycles. The van der Waals surface area contributed by atoms with E-state index < -0.39 is 17.2 Å². The maximum absolute atomic E-state index is 13.1. The number of ether oxygens (including phenoxy) is 1. The molecule has 0 amide bonds. The van der Waals surface area contributed by atoms with Crippen LogP contribution in [-0.2, 0) is 25.3 Å². The second-order valence-corrected chi connectivity index (χ2v) is 13.3. The average molecular weight is 702 g/mol. The maximum atomic E-state index is 13.1. The van der Waals surface area contributed by atoms with E-state index in [0.717, 1.165) is 47.2 Å². The van der Waals surface area contributed by atoms with Gasteiger partial charge in [0.1, 0.15) is 11.2 Å². The summed E-state index contributed by atoms with van der Waals surface area (Å²) in [5, 5.41) is 13.8. The molecule has 11 nitrogen and oxygen atoms in total. The Kier molecular flexibility index (Phi) is 8.68. The minimum Gasteiger partial charge on any atom is -0.481 e. The number of nitrogens with one attached hydrogen (secondary N) is 1. The number of benzene rings is 2. The van der Waals surface area contributed by atoms with Crippen molar-refractivity contribution >= 4 is 51.6 Å². The van der Waals surface area contributed by atoms with Crippen LogP contribution in [0.3, 0.4) is 0 Å². The summed E-state index contributed by atoms with van der Waals surface area (Å²) in [5.74, 6) is -0.194. The number of aryl methyl sites for hydroxylation is 2. The van der Waals surface area contributed by atoms with Crippen LogP contribution in [0.1, 0.15) is 36.4 Å². The van der Waals surface area contributed by atoms with Crippen molar-refractivity contribution in [2.75, 3.05) is 25.5 Å². The van der Waals surface area contributed by atoms with E-state index >= 15 is 0 Å². The number of fused-ring (bicyclic) bond motifs is 2. The van der Waals surface area contributed by atoms with Crippen molar-refractivity contribution in [3.63, 3.8) is 0 Å². The molecule has 4 heterocycles. The van der Waals surface area contributed by atoms with E-state index in [-0.39, 0.29) is 23.2 Å². The molecule has 2 aromatic carbocycles. The molecule has 0 bridgehead atoms. The first-order valence-corrected chi connectivity index (χ1v) is 16.8. The third kappa shape index (κ3) is 5.65. The molecule has 2 aliphatic rings. The number of carbonyl (C=O) groups is 1. The monoisotopic (exact) mass is 700 g/mol. The topological polar surface area (TPSA) is 132 Å². The van der Waals surface area contributed by atoms with Crippen LogP contribution in [0, 0.1) is 5.92 Å². The molecule has 0 radical (unpaired) electrons. The SMILES string of the molecule is COc1nc(-c2cccc(-c3cccc(Nc4nccc5c4c(=O)n(C)c(=O)n5C)c3Cl)c2Cl)cc2c1C(N1CCC(C(=O)O)CC1)CC2. The molecule has 252 valence electrons. The molecule has 3 aromatic heterocycles. The predicted molar refractivity (Wildman–Crippen MR) is 190 cm³/mol. The fraction of sp³-hybridized carbons (Fsp3) is 0.306. The number of hydrogen-bond donors (Lipinski definition) is 2. The summed E-state index contributed by atoms with van der Waals surface area (Å²) in [6, 6.07) is 15.0. The van der Waals surface area contributed by atoms with E-state index in [0.29, 0.717) is 56.8 Å². The summed E-state index contributed by atoms with van der Waals surface area (Å²) < 4.78 is 8.30. The van der Waals surface area contributed by atoms with Crippen LogP contribution >= 0.6 is 23.2 Å². The Morgan fingerprint density at radius 3 is 2.37 bits per heavy atom. The van der Waals surface area contributed by atoms with Gasteiger partial charge in [-0.25, -0.2) is 14.8 Å². The minimum atomic E-state index is -0.721. The number of carboxylic acids is 1. The highest BCUT2D eigenvalue weighted by atomic mass is 35.5. The van der Waals surface area contributed by atoms with Crippen LogP contribution in [0.5, 0.6) is 5.88 Å². The number of likely N-dealkylation sites (tertiary alicyclic amines) is 1. The van der Waals surface area contributed by atoms with E-state index in [1.807, 2.05) is 30.3 Å². The van der Waals surface area contributed by atoms with Crippen molar-refractivity contribution in [3.8, 4) is 28.3 Å². The van der Waals surface area contributed by atoms with Gasteiger partial charge in [0.25, 0.3) is 5.56 Å². The zero-order valence-electron chi connectivity index (χ0n) is 27.2. The summed E-state index contributed by atoms with van der Waals surface area (Å²) in [7, 11) is 4.65. The van der Waals surface area contributed by atoms with Crippen LogP contribution in [0.2, 0.25) is 10.0 Å². The Balaban J connectivity index is 1.23. The van der Waals surface area contributed by atoms with Crippen molar-refractivity contribution in [2.45, 2.75) is 31.7 Å². The van der Waals surface area contributed by atoms with Gasteiger partial charge < -0.3 is 15.2 Å². The smallest absolute Gasteiger partial charge is 0.330 e. The molecule has 7 rings (SSSR count). The maximum Gasteiger partial charge on any atom is 0.330 e. The molecule has 1 aliphatic carbocycles. The predicted octanol–water partition coefficient (Wildman–Crippen LogP) is 6.20. The van der Waals surface area contributed by atoms with Gasteiger partial charge in [-0.2, -0.15) is 0 Å². The number of piperidine rings is 1. The minimum absolute atomic E-state index is 0.124. The van der Waals surface area contributed by atoms with Crippen molar-refractivity contribution < 1.29 is 14.6 Å². The van der Waals surface area contributed by atoms with Crippen LogP contribution in [-0.4, -0.2) is 55.3 Å². The Labute approximate surface area is 291 Å². The number of rotatable bonds is 7. The van der Waals surface area contributed by atoms with Crippen molar-refractivity contribution in [1.82, 2.24) is 24.0 Å². The van der Waals surface area contributed by atoms with Gasteiger partial charge in [-0.05, 0) is 62.5 Å². The number of pyridine rings is 2. The standard InChI is InChI=1S/C36H34Cl2N6O5/c1-42-26-12-15-39-32(29(26)34(45)43(2)36(42)48)40-24-9-5-7-22(31(24)38)21-6-4-8-23(30(21)37)25-18-20-10-11-27(28(20)33(41-25)49-3)44-16-13-19(14-17-44)35(46)47/h4-9,12,15,18-19,27H,10-11,13-14,16-17H2,1-3H3,(H,39,40)(H,46,47). The van der Waals surface area contributed by atoms with Crippen LogP contribution in [0.4, 0.5) is 11.5 Å². The Morgan fingerprint density at radius 2 is 1.65 bits per heavy atom. The molecular formula is C36H34Cl2N6O5. The Hall–Kier alpha value is -4.71. The van der Waals surface area contributed by atoms with Gasteiger partial charge in [-0.15, -0.1) is 0 Å². The Bertz CT molecular complexity index is 2260. The number of methoxy groups -OCH3 is 1. The lowest BCUT2D eigenvalue weighted by Crippen LogP contribution is -2.38. The molecule has 1 fully saturated rings. The van der Waals surface area contributed by atoms with Crippen molar-refractivity contribution in [3.05, 3.63) is 96.7 Å². The second-order valence-electron chi connectivity index (χ2n) is 12.5. The van der Waals surface area contributed by atoms with Crippen LogP contribution < -0.4 is 21.3 Å². The van der Waals surface area contributed by atoms with Gasteiger partial charge >= 0.3 is 11.7 Å². The fourth-order valence-corrected chi connectivity index (χ4v) is 7.82. The number of hydrogen-bond acceptors (Lipinski definition) is 8. The van der Waals surface area contributed by atoms with E-state index in [2.05, 4.69) is 21.3 Å². The van der Waals surface area contributed by atoms with E-state index in [9.17, 15) is 19.5 Å². The summed E-state index contributed by atoms with van der Waals surface area (Å²) >= 11 is 14.2. The van der Waals surface area contributed by atoms with Crippen LogP contribution in [0.15, 0.2) is 64.3 Å². The van der Waals surface area contributed by atoms with Crippen LogP contribution in [0.25, 0.3) is 33.3 Å². The van der Waals surface area contributed by atoms with Gasteiger partial charge in [0.05, 0.1) is 40.0 Å². The molecule has 0 spiro atoms. The molecule has 1 atom stereocenters. The van der Waals surface area contributed by atoms with E-state index in [4.69, 9.17) is 32.9 Å². The molecule has 49 heavy (non-hydrogen) atoms. The number of aromatic nitrogens is 4. The third-order valence-electron chi connectivity index (χ3n) is 9.84. The summed E-state index contributed by atoms with van der Waals surface area (Å²) in [5.41, 5.74) is 5.01. The van der Waals surface area contributed by atoms with Gasteiger partial charge in [0.15, 0.2) is 0 Å². The second kappa shape index (κ2) is 13.0. The molecule has 13 heteroatoms. The number of aliphatic carboxylic acids is 1. The zero-order valence-corrected chi connectivity index (χ0v) is 28.7. The Morgan fingerprint density at radius 1 is 0.959 bits per heavy atom. The number of halogens is 2. The van der Waals surface area contributed by atoms with E-state index in [1.54, 1.807) is 26.3 Å².